The third-order valence-corrected chi connectivity index (χ3v) is 2.29. The molecule has 0 radical (unpaired) electrons. The third kappa shape index (κ3) is 1.91. The standard InChI is InChI=1S/C12H10N2O2/c1-8-2-4-9(5-3-8)12-10(7-15)6-11(16)13-14-12/h2-7H,1H3,(H,13,16). The summed E-state index contributed by atoms with van der Waals surface area (Å²) < 4.78 is 0. The van der Waals surface area contributed by atoms with Gasteiger partial charge in [-0.15, -0.1) is 0 Å². The molecule has 1 aromatic heterocycles. The molecule has 80 valence electrons. The lowest BCUT2D eigenvalue weighted by Gasteiger charge is -2.02. The quantitative estimate of drug-likeness (QED) is 0.771. The maximum absolute atomic E-state index is 11.0. The third-order valence-electron chi connectivity index (χ3n) is 2.29. The van der Waals surface area contributed by atoms with Gasteiger partial charge in [-0.1, -0.05) is 29.8 Å². The molecule has 0 unspecified atom stereocenters. The Morgan fingerprint density at radius 1 is 1.25 bits per heavy atom. The van der Waals surface area contributed by atoms with Gasteiger partial charge >= 0.3 is 0 Å². The van der Waals surface area contributed by atoms with Crippen molar-refractivity contribution in [2.24, 2.45) is 0 Å². The zero-order valence-electron chi connectivity index (χ0n) is 8.73. The summed E-state index contributed by atoms with van der Waals surface area (Å²) in [5.41, 5.74) is 2.35. The van der Waals surface area contributed by atoms with Gasteiger partial charge in [0.15, 0.2) is 6.29 Å². The number of rotatable bonds is 2. The van der Waals surface area contributed by atoms with E-state index in [0.29, 0.717) is 17.5 Å². The molecule has 0 saturated heterocycles. The van der Waals surface area contributed by atoms with Crippen LogP contribution in [0.4, 0.5) is 0 Å². The predicted octanol–water partition coefficient (Wildman–Crippen LogP) is 1.56. The molecule has 0 atom stereocenters. The molecule has 4 heteroatoms. The van der Waals surface area contributed by atoms with Crippen molar-refractivity contribution in [1.82, 2.24) is 10.2 Å². The van der Waals surface area contributed by atoms with E-state index in [2.05, 4.69) is 10.2 Å². The van der Waals surface area contributed by atoms with Crippen molar-refractivity contribution in [3.8, 4) is 11.3 Å². The number of carbonyl (C=O) groups excluding carboxylic acids is 1. The van der Waals surface area contributed by atoms with E-state index in [1.54, 1.807) is 0 Å². The van der Waals surface area contributed by atoms with Crippen molar-refractivity contribution < 1.29 is 4.79 Å². The first-order chi connectivity index (χ1) is 7.70. The number of nitrogens with one attached hydrogen (secondary N) is 1. The number of aromatic amines is 1. The maximum atomic E-state index is 11.0. The molecular formula is C12H10N2O2. The summed E-state index contributed by atoms with van der Waals surface area (Å²) >= 11 is 0. The van der Waals surface area contributed by atoms with Crippen LogP contribution in [0.5, 0.6) is 0 Å². The minimum Gasteiger partial charge on any atom is -0.298 e. The molecule has 16 heavy (non-hydrogen) atoms. The van der Waals surface area contributed by atoms with E-state index in [4.69, 9.17) is 0 Å². The Balaban J connectivity index is 2.59. The van der Waals surface area contributed by atoms with Gasteiger partial charge in [-0.3, -0.25) is 9.59 Å². The molecular weight excluding hydrogens is 204 g/mol. The van der Waals surface area contributed by atoms with Crippen LogP contribution in [0, 0.1) is 6.92 Å². The fourth-order valence-corrected chi connectivity index (χ4v) is 1.45. The molecule has 0 spiro atoms. The van der Waals surface area contributed by atoms with Gasteiger partial charge in [-0.2, -0.15) is 5.10 Å². The average molecular weight is 214 g/mol. The number of aryl methyl sites for hydroxylation is 1. The van der Waals surface area contributed by atoms with Crippen molar-refractivity contribution in [3.63, 3.8) is 0 Å². The largest absolute Gasteiger partial charge is 0.298 e. The molecule has 1 heterocycles. The van der Waals surface area contributed by atoms with E-state index in [0.717, 1.165) is 11.1 Å². The summed E-state index contributed by atoms with van der Waals surface area (Å²) in [6.45, 7) is 1.98. The normalized spacial score (nSPS) is 10.1. The van der Waals surface area contributed by atoms with E-state index in [1.165, 1.54) is 6.07 Å². The number of carbonyl (C=O) groups is 1. The molecule has 2 aromatic rings. The summed E-state index contributed by atoms with van der Waals surface area (Å²) in [6.07, 6.45) is 0.636. The van der Waals surface area contributed by atoms with Gasteiger partial charge in [0.05, 0.1) is 0 Å². The lowest BCUT2D eigenvalue weighted by Crippen LogP contribution is -2.09. The molecule has 0 aliphatic carbocycles. The molecule has 0 fully saturated rings. The van der Waals surface area contributed by atoms with Crippen LogP contribution in [-0.2, 0) is 0 Å². The summed E-state index contributed by atoms with van der Waals surface area (Å²) in [4.78, 5) is 21.8. The summed E-state index contributed by atoms with van der Waals surface area (Å²) in [6, 6.07) is 8.83. The molecule has 0 aliphatic heterocycles. The number of H-pyrrole nitrogens is 1. The van der Waals surface area contributed by atoms with Gasteiger partial charge in [0.1, 0.15) is 5.69 Å². The van der Waals surface area contributed by atoms with E-state index in [1.807, 2.05) is 31.2 Å². The molecule has 1 N–H and O–H groups in total. The van der Waals surface area contributed by atoms with Crippen molar-refractivity contribution in [3.05, 3.63) is 51.8 Å². The second-order valence-corrected chi connectivity index (χ2v) is 3.52. The highest BCUT2D eigenvalue weighted by Gasteiger charge is 2.06. The van der Waals surface area contributed by atoms with Gasteiger partial charge in [-0.25, -0.2) is 5.10 Å². The SMILES string of the molecule is Cc1ccc(-c2n[nH]c(=O)cc2C=O)cc1. The number of aromatic nitrogens is 2. The van der Waals surface area contributed by atoms with Crippen molar-refractivity contribution in [2.45, 2.75) is 6.92 Å². The fraction of sp³-hybridized carbons (Fsp3) is 0.0833. The lowest BCUT2D eigenvalue weighted by atomic mass is 10.1. The minimum atomic E-state index is -0.377. The fourth-order valence-electron chi connectivity index (χ4n) is 1.45. The second kappa shape index (κ2) is 4.10. The van der Waals surface area contributed by atoms with Crippen LogP contribution in [0.2, 0.25) is 0 Å². The average Bonchev–Trinajstić information content (AvgIpc) is 2.30. The predicted molar refractivity (Wildman–Crippen MR) is 60.4 cm³/mol. The monoisotopic (exact) mass is 214 g/mol. The van der Waals surface area contributed by atoms with Crippen LogP contribution in [-0.4, -0.2) is 16.5 Å². The summed E-state index contributed by atoms with van der Waals surface area (Å²) in [5, 5.41) is 6.20. The van der Waals surface area contributed by atoms with Gasteiger partial charge in [0.2, 0.25) is 0 Å². The van der Waals surface area contributed by atoms with E-state index in [9.17, 15) is 9.59 Å². The number of hydrogen-bond donors (Lipinski definition) is 1. The van der Waals surface area contributed by atoms with Gasteiger partial charge < -0.3 is 0 Å². The first-order valence-electron chi connectivity index (χ1n) is 4.82. The van der Waals surface area contributed by atoms with Crippen LogP contribution in [0.15, 0.2) is 35.1 Å². The number of nitrogens with zero attached hydrogens (tertiary/aromatic N) is 1. The number of aldehydes is 1. The van der Waals surface area contributed by atoms with Gasteiger partial charge in [0, 0.05) is 17.2 Å². The van der Waals surface area contributed by atoms with E-state index >= 15 is 0 Å². The Morgan fingerprint density at radius 2 is 1.94 bits per heavy atom. The second-order valence-electron chi connectivity index (χ2n) is 3.52. The Bertz CT molecular complexity index is 570. The molecule has 0 amide bonds. The lowest BCUT2D eigenvalue weighted by molar-refractivity contribution is 0.112. The number of hydrogen-bond acceptors (Lipinski definition) is 3. The highest BCUT2D eigenvalue weighted by atomic mass is 16.1. The van der Waals surface area contributed by atoms with Crippen molar-refractivity contribution >= 4 is 6.29 Å². The molecule has 1 aromatic carbocycles. The van der Waals surface area contributed by atoms with Crippen LogP contribution in [0.1, 0.15) is 15.9 Å². The summed E-state index contributed by atoms with van der Waals surface area (Å²) in [5.74, 6) is 0. The summed E-state index contributed by atoms with van der Waals surface area (Å²) in [7, 11) is 0. The van der Waals surface area contributed by atoms with Crippen molar-refractivity contribution in [2.75, 3.05) is 0 Å². The molecule has 0 bridgehead atoms. The first-order valence-corrected chi connectivity index (χ1v) is 4.82. The zero-order valence-corrected chi connectivity index (χ0v) is 8.73. The van der Waals surface area contributed by atoms with Crippen LogP contribution >= 0.6 is 0 Å². The minimum absolute atomic E-state index is 0.299. The van der Waals surface area contributed by atoms with E-state index in [-0.39, 0.29) is 5.56 Å². The molecule has 0 aliphatic rings. The molecule has 4 nitrogen and oxygen atoms in total. The Morgan fingerprint density at radius 3 is 2.56 bits per heavy atom. The van der Waals surface area contributed by atoms with Crippen LogP contribution < -0.4 is 5.56 Å². The Kier molecular flexibility index (Phi) is 2.64. The van der Waals surface area contributed by atoms with Gasteiger partial charge in [0.25, 0.3) is 5.56 Å². The maximum Gasteiger partial charge on any atom is 0.264 e. The van der Waals surface area contributed by atoms with Gasteiger partial charge in [-0.05, 0) is 6.92 Å². The number of benzene rings is 1. The highest BCUT2D eigenvalue weighted by molar-refractivity contribution is 5.85. The van der Waals surface area contributed by atoms with E-state index < -0.39 is 0 Å². The molecule has 0 saturated carbocycles. The van der Waals surface area contributed by atoms with Crippen LogP contribution in [0.25, 0.3) is 11.3 Å². The smallest absolute Gasteiger partial charge is 0.264 e. The van der Waals surface area contributed by atoms with Crippen molar-refractivity contribution in [1.29, 1.82) is 0 Å². The van der Waals surface area contributed by atoms with Crippen LogP contribution in [0.3, 0.4) is 0 Å². The first kappa shape index (κ1) is 10.3. The topological polar surface area (TPSA) is 62.8 Å². The Labute approximate surface area is 91.9 Å². The Hall–Kier alpha value is -2.23. The molecule has 2 rings (SSSR count). The highest BCUT2D eigenvalue weighted by Crippen LogP contribution is 2.18. The zero-order chi connectivity index (χ0) is 11.5.